The SMILES string of the molecule is CC1(C)Oc2ccc(NC(=O)CC(NC(N)=O)c3cccs3)cc2O1. The van der Waals surface area contributed by atoms with Gasteiger partial charge in [0.25, 0.3) is 0 Å². The fraction of sp³-hybridized carbons (Fsp3) is 0.294. The van der Waals surface area contributed by atoms with Gasteiger partial charge in [0, 0.05) is 30.5 Å². The first kappa shape index (κ1) is 17.1. The molecule has 132 valence electrons. The molecule has 3 rings (SSSR count). The fourth-order valence-electron chi connectivity index (χ4n) is 2.58. The highest BCUT2D eigenvalue weighted by Gasteiger charge is 2.31. The largest absolute Gasteiger partial charge is 0.449 e. The Morgan fingerprint density at radius 2 is 2.00 bits per heavy atom. The normalized spacial score (nSPS) is 15.4. The number of fused-ring (bicyclic) bond motifs is 1. The van der Waals surface area contributed by atoms with Crippen molar-refractivity contribution in [1.82, 2.24) is 5.32 Å². The highest BCUT2D eigenvalue weighted by molar-refractivity contribution is 7.10. The van der Waals surface area contributed by atoms with Gasteiger partial charge >= 0.3 is 6.03 Å². The van der Waals surface area contributed by atoms with Crippen molar-refractivity contribution in [2.24, 2.45) is 5.73 Å². The standard InChI is InChI=1S/C17H19N3O4S/c1-17(2)23-12-6-5-10(8-13(12)24-17)19-15(21)9-11(20-16(18)22)14-4-3-7-25-14/h3-8,11H,9H2,1-2H3,(H,19,21)(H3,18,20,22). The smallest absolute Gasteiger partial charge is 0.312 e. The van der Waals surface area contributed by atoms with Crippen molar-refractivity contribution in [3.05, 3.63) is 40.6 Å². The summed E-state index contributed by atoms with van der Waals surface area (Å²) in [5, 5.41) is 7.28. The maximum atomic E-state index is 12.4. The molecule has 4 N–H and O–H groups in total. The molecule has 1 aliphatic rings. The Bertz CT molecular complexity index is 789. The third-order valence-electron chi connectivity index (χ3n) is 3.53. The monoisotopic (exact) mass is 361 g/mol. The zero-order valence-electron chi connectivity index (χ0n) is 13.9. The zero-order valence-corrected chi connectivity index (χ0v) is 14.7. The number of hydrogen-bond acceptors (Lipinski definition) is 5. The predicted octanol–water partition coefficient (Wildman–Crippen LogP) is 2.99. The van der Waals surface area contributed by atoms with Gasteiger partial charge < -0.3 is 25.8 Å². The van der Waals surface area contributed by atoms with E-state index in [1.807, 2.05) is 31.4 Å². The molecule has 1 atom stereocenters. The van der Waals surface area contributed by atoms with Gasteiger partial charge in [-0.1, -0.05) is 6.07 Å². The number of hydrogen-bond donors (Lipinski definition) is 3. The van der Waals surface area contributed by atoms with Crippen LogP contribution in [0.2, 0.25) is 0 Å². The Balaban J connectivity index is 1.67. The minimum absolute atomic E-state index is 0.0728. The summed E-state index contributed by atoms with van der Waals surface area (Å²) in [5.74, 6) is 0.244. The van der Waals surface area contributed by atoms with E-state index in [4.69, 9.17) is 15.2 Å². The van der Waals surface area contributed by atoms with Crippen LogP contribution in [0.25, 0.3) is 0 Å². The molecule has 3 amide bonds. The van der Waals surface area contributed by atoms with Crippen LogP contribution in [0.4, 0.5) is 10.5 Å². The van der Waals surface area contributed by atoms with E-state index in [9.17, 15) is 9.59 Å². The lowest BCUT2D eigenvalue weighted by molar-refractivity contribution is -0.116. The maximum absolute atomic E-state index is 12.4. The van der Waals surface area contributed by atoms with Gasteiger partial charge in [-0.15, -0.1) is 11.3 Å². The van der Waals surface area contributed by atoms with Gasteiger partial charge in [-0.25, -0.2) is 4.79 Å². The molecule has 0 saturated carbocycles. The molecule has 1 aromatic heterocycles. The molecule has 0 saturated heterocycles. The number of thiophene rings is 1. The van der Waals surface area contributed by atoms with E-state index in [1.54, 1.807) is 18.2 Å². The molecule has 0 bridgehead atoms. The third kappa shape index (κ3) is 4.21. The molecule has 8 heteroatoms. The number of urea groups is 1. The number of amides is 3. The van der Waals surface area contributed by atoms with Crippen LogP contribution >= 0.6 is 11.3 Å². The van der Waals surface area contributed by atoms with Crippen molar-refractivity contribution in [3.63, 3.8) is 0 Å². The van der Waals surface area contributed by atoms with Crippen LogP contribution in [0.5, 0.6) is 11.5 Å². The molecule has 0 spiro atoms. The van der Waals surface area contributed by atoms with Crippen LogP contribution in [0.15, 0.2) is 35.7 Å². The van der Waals surface area contributed by atoms with Crippen molar-refractivity contribution in [3.8, 4) is 11.5 Å². The second-order valence-electron chi connectivity index (χ2n) is 6.09. The molecule has 2 aromatic rings. The predicted molar refractivity (Wildman–Crippen MR) is 94.8 cm³/mol. The zero-order chi connectivity index (χ0) is 18.0. The van der Waals surface area contributed by atoms with Gasteiger partial charge in [0.1, 0.15) is 0 Å². The summed E-state index contributed by atoms with van der Waals surface area (Å²) in [5.41, 5.74) is 5.80. The minimum atomic E-state index is -0.722. The molecular weight excluding hydrogens is 342 g/mol. The average molecular weight is 361 g/mol. The van der Waals surface area contributed by atoms with Crippen molar-refractivity contribution in [1.29, 1.82) is 0 Å². The van der Waals surface area contributed by atoms with Crippen LogP contribution in [-0.2, 0) is 4.79 Å². The molecule has 2 heterocycles. The Morgan fingerprint density at radius 1 is 1.24 bits per heavy atom. The number of carbonyl (C=O) groups is 2. The number of ether oxygens (including phenoxy) is 2. The van der Waals surface area contributed by atoms with Gasteiger partial charge in [0.2, 0.25) is 11.7 Å². The summed E-state index contributed by atoms with van der Waals surface area (Å²) in [6.07, 6.45) is 0.0728. The summed E-state index contributed by atoms with van der Waals surface area (Å²) >= 11 is 1.45. The van der Waals surface area contributed by atoms with Crippen LogP contribution in [0.1, 0.15) is 31.2 Å². The molecule has 7 nitrogen and oxygen atoms in total. The van der Waals surface area contributed by atoms with E-state index < -0.39 is 17.9 Å². The van der Waals surface area contributed by atoms with Gasteiger partial charge in [0.15, 0.2) is 11.5 Å². The molecule has 1 aliphatic heterocycles. The maximum Gasteiger partial charge on any atom is 0.312 e. The van der Waals surface area contributed by atoms with Crippen LogP contribution in [0.3, 0.4) is 0 Å². The first-order valence-electron chi connectivity index (χ1n) is 7.74. The summed E-state index contributed by atoms with van der Waals surface area (Å²) in [4.78, 5) is 24.4. The number of nitrogens with two attached hydrogens (primary N) is 1. The Labute approximate surface area is 149 Å². The number of anilines is 1. The molecule has 1 aromatic carbocycles. The van der Waals surface area contributed by atoms with Crippen LogP contribution in [0, 0.1) is 0 Å². The lowest BCUT2D eigenvalue weighted by Gasteiger charge is -2.16. The second-order valence-corrected chi connectivity index (χ2v) is 7.07. The Morgan fingerprint density at radius 3 is 2.68 bits per heavy atom. The van der Waals surface area contributed by atoms with E-state index in [1.165, 1.54) is 11.3 Å². The van der Waals surface area contributed by atoms with Gasteiger partial charge in [0.05, 0.1) is 12.5 Å². The molecule has 25 heavy (non-hydrogen) atoms. The number of primary amides is 1. The van der Waals surface area contributed by atoms with Crippen LogP contribution < -0.4 is 25.8 Å². The highest BCUT2D eigenvalue weighted by Crippen LogP contribution is 2.40. The fourth-order valence-corrected chi connectivity index (χ4v) is 3.36. The summed E-state index contributed by atoms with van der Waals surface area (Å²) in [6.45, 7) is 3.62. The quantitative estimate of drug-likeness (QED) is 0.762. The van der Waals surface area contributed by atoms with E-state index in [2.05, 4.69) is 10.6 Å². The van der Waals surface area contributed by atoms with Crippen LogP contribution in [-0.4, -0.2) is 17.7 Å². The molecule has 1 unspecified atom stereocenters. The topological polar surface area (TPSA) is 103 Å². The summed E-state index contributed by atoms with van der Waals surface area (Å²) < 4.78 is 11.3. The first-order chi connectivity index (χ1) is 11.8. The second kappa shape index (κ2) is 6.64. The first-order valence-corrected chi connectivity index (χ1v) is 8.62. The summed E-state index contributed by atoms with van der Waals surface area (Å²) in [6, 6.07) is 7.76. The lowest BCUT2D eigenvalue weighted by atomic mass is 10.1. The van der Waals surface area contributed by atoms with Crippen molar-refractivity contribution in [2.75, 3.05) is 5.32 Å². The number of benzene rings is 1. The molecule has 0 fully saturated rings. The van der Waals surface area contributed by atoms with Gasteiger partial charge in [-0.2, -0.15) is 0 Å². The summed E-state index contributed by atoms with van der Waals surface area (Å²) in [7, 11) is 0. The third-order valence-corrected chi connectivity index (χ3v) is 4.52. The molecular formula is C17H19N3O4S. The van der Waals surface area contributed by atoms with Gasteiger partial charge in [-0.3, -0.25) is 4.79 Å². The highest BCUT2D eigenvalue weighted by atomic mass is 32.1. The lowest BCUT2D eigenvalue weighted by Crippen LogP contribution is -2.34. The van der Waals surface area contributed by atoms with E-state index in [-0.39, 0.29) is 12.3 Å². The van der Waals surface area contributed by atoms with E-state index in [0.717, 1.165) is 4.88 Å². The van der Waals surface area contributed by atoms with E-state index in [0.29, 0.717) is 17.2 Å². The number of rotatable bonds is 5. The van der Waals surface area contributed by atoms with Crippen molar-refractivity contribution < 1.29 is 19.1 Å². The van der Waals surface area contributed by atoms with E-state index >= 15 is 0 Å². The minimum Gasteiger partial charge on any atom is -0.449 e. The Kier molecular flexibility index (Phi) is 4.54. The number of carbonyl (C=O) groups excluding carboxylic acids is 2. The number of nitrogens with one attached hydrogen (secondary N) is 2. The van der Waals surface area contributed by atoms with Crippen molar-refractivity contribution in [2.45, 2.75) is 32.1 Å². The molecule has 0 aliphatic carbocycles. The van der Waals surface area contributed by atoms with Gasteiger partial charge in [-0.05, 0) is 23.6 Å². The average Bonchev–Trinajstić information content (AvgIpc) is 3.11. The van der Waals surface area contributed by atoms with Crippen molar-refractivity contribution >= 4 is 29.0 Å². The Hall–Kier alpha value is -2.74. The molecule has 0 radical (unpaired) electrons.